The second-order valence-corrected chi connectivity index (χ2v) is 4.53. The molecule has 4 N–H and O–H groups in total. The van der Waals surface area contributed by atoms with Gasteiger partial charge in [-0.3, -0.25) is 0 Å². The Morgan fingerprint density at radius 2 is 2.00 bits per heavy atom. The molecule has 0 radical (unpaired) electrons. The lowest BCUT2D eigenvalue weighted by atomic mass is 9.93. The predicted molar refractivity (Wildman–Crippen MR) is 65.6 cm³/mol. The molecule has 0 atom stereocenters. The summed E-state index contributed by atoms with van der Waals surface area (Å²) in [6.07, 6.45) is -1.66. The van der Waals surface area contributed by atoms with Gasteiger partial charge in [0.15, 0.2) is 0 Å². The van der Waals surface area contributed by atoms with Crippen LogP contribution >= 0.6 is 0 Å². The molecule has 1 aromatic carbocycles. The lowest BCUT2D eigenvalue weighted by Crippen LogP contribution is -2.41. The number of benzene rings is 1. The Balaban J connectivity index is 2.06. The van der Waals surface area contributed by atoms with Crippen LogP contribution in [0.4, 0.5) is 29.3 Å². The monoisotopic (exact) mass is 273 g/mol. The number of carbonyl (C=O) groups excluding carboxylic acids is 1. The van der Waals surface area contributed by atoms with Crippen molar-refractivity contribution in [3.05, 3.63) is 23.8 Å². The van der Waals surface area contributed by atoms with Gasteiger partial charge in [-0.25, -0.2) is 4.79 Å². The van der Waals surface area contributed by atoms with Crippen LogP contribution in [0, 0.1) is 0 Å². The number of hydrogen-bond donors (Lipinski definition) is 3. The summed E-state index contributed by atoms with van der Waals surface area (Å²) < 4.78 is 37.9. The van der Waals surface area contributed by atoms with Crippen LogP contribution < -0.4 is 16.4 Å². The average Bonchev–Trinajstić information content (AvgIpc) is 2.25. The molecule has 0 unspecified atom stereocenters. The largest absolute Gasteiger partial charge is 0.418 e. The van der Waals surface area contributed by atoms with Crippen LogP contribution in [0.15, 0.2) is 18.2 Å². The molecule has 0 bridgehead atoms. The van der Waals surface area contributed by atoms with Gasteiger partial charge in [0.2, 0.25) is 0 Å². The number of alkyl halides is 3. The zero-order chi connectivity index (χ0) is 14.0. The second kappa shape index (κ2) is 4.99. The fourth-order valence-corrected chi connectivity index (χ4v) is 1.78. The molecule has 0 saturated heterocycles. The normalized spacial score (nSPS) is 15.7. The molecule has 0 aliphatic heterocycles. The smallest absolute Gasteiger partial charge is 0.398 e. The topological polar surface area (TPSA) is 67.1 Å². The first-order valence-electron chi connectivity index (χ1n) is 5.90. The van der Waals surface area contributed by atoms with Crippen molar-refractivity contribution < 1.29 is 18.0 Å². The van der Waals surface area contributed by atoms with E-state index in [-0.39, 0.29) is 17.4 Å². The summed E-state index contributed by atoms with van der Waals surface area (Å²) in [6, 6.07) is 2.92. The molecule has 1 aromatic rings. The third kappa shape index (κ3) is 3.30. The van der Waals surface area contributed by atoms with Gasteiger partial charge in [0.05, 0.1) is 5.56 Å². The Kier molecular flexibility index (Phi) is 3.55. The molecule has 0 spiro atoms. The van der Waals surface area contributed by atoms with Crippen molar-refractivity contribution in [2.24, 2.45) is 0 Å². The summed E-state index contributed by atoms with van der Waals surface area (Å²) >= 11 is 0. The van der Waals surface area contributed by atoms with Crippen LogP contribution in [-0.2, 0) is 6.18 Å². The highest BCUT2D eigenvalue weighted by Crippen LogP contribution is 2.35. The summed E-state index contributed by atoms with van der Waals surface area (Å²) in [5, 5.41) is 5.05. The van der Waals surface area contributed by atoms with E-state index < -0.39 is 17.8 Å². The van der Waals surface area contributed by atoms with Gasteiger partial charge in [-0.2, -0.15) is 13.2 Å². The van der Waals surface area contributed by atoms with Crippen LogP contribution in [0.1, 0.15) is 24.8 Å². The number of anilines is 2. The highest BCUT2D eigenvalue weighted by Gasteiger charge is 2.33. The van der Waals surface area contributed by atoms with E-state index in [2.05, 4.69) is 10.6 Å². The van der Waals surface area contributed by atoms with Crippen LogP contribution in [0.5, 0.6) is 0 Å². The number of halogens is 3. The van der Waals surface area contributed by atoms with Crippen LogP contribution in [-0.4, -0.2) is 12.1 Å². The van der Waals surface area contributed by atoms with E-state index >= 15 is 0 Å². The number of amides is 2. The molecule has 1 aliphatic carbocycles. The number of urea groups is 1. The Morgan fingerprint density at radius 3 is 2.53 bits per heavy atom. The molecule has 7 heteroatoms. The molecule has 2 rings (SSSR count). The van der Waals surface area contributed by atoms with E-state index in [1.165, 1.54) is 6.07 Å². The van der Waals surface area contributed by atoms with E-state index in [0.717, 1.165) is 31.4 Å². The number of nitrogens with one attached hydrogen (secondary N) is 2. The zero-order valence-electron chi connectivity index (χ0n) is 10.1. The molecule has 1 saturated carbocycles. The number of nitrogens with two attached hydrogens (primary N) is 1. The predicted octanol–water partition coefficient (Wildman–Crippen LogP) is 2.96. The number of hydrogen-bond acceptors (Lipinski definition) is 2. The lowest BCUT2D eigenvalue weighted by molar-refractivity contribution is -0.136. The standard InChI is InChI=1S/C12H14F3N3O/c13-12(14,15)9-6-8(4-5-10(9)16)18-11(19)17-7-2-1-3-7/h4-7H,1-3,16H2,(H2,17,18,19). The maximum absolute atomic E-state index is 12.6. The summed E-state index contributed by atoms with van der Waals surface area (Å²) in [5.41, 5.74) is 4.02. The summed E-state index contributed by atoms with van der Waals surface area (Å²) in [6.45, 7) is 0. The molecule has 0 heterocycles. The van der Waals surface area contributed by atoms with Gasteiger partial charge in [-0.05, 0) is 37.5 Å². The number of rotatable bonds is 2. The van der Waals surface area contributed by atoms with E-state index in [0.29, 0.717) is 0 Å². The van der Waals surface area contributed by atoms with E-state index in [1.807, 2.05) is 0 Å². The minimum absolute atomic E-state index is 0.0679. The first-order chi connectivity index (χ1) is 8.86. The summed E-state index contributed by atoms with van der Waals surface area (Å²) in [5.74, 6) is 0. The van der Waals surface area contributed by atoms with Crippen molar-refractivity contribution in [2.75, 3.05) is 11.1 Å². The molecule has 19 heavy (non-hydrogen) atoms. The van der Waals surface area contributed by atoms with Crippen molar-refractivity contribution >= 4 is 17.4 Å². The number of carbonyl (C=O) groups is 1. The molecule has 0 aromatic heterocycles. The maximum atomic E-state index is 12.6. The quantitative estimate of drug-likeness (QED) is 0.725. The Labute approximate surface area is 108 Å². The first kappa shape index (κ1) is 13.5. The molecular weight excluding hydrogens is 259 g/mol. The van der Waals surface area contributed by atoms with Crippen LogP contribution in [0.2, 0.25) is 0 Å². The minimum Gasteiger partial charge on any atom is -0.398 e. The molecule has 2 amide bonds. The molecule has 104 valence electrons. The highest BCUT2D eigenvalue weighted by atomic mass is 19.4. The van der Waals surface area contributed by atoms with Crippen molar-refractivity contribution in [3.63, 3.8) is 0 Å². The van der Waals surface area contributed by atoms with Crippen molar-refractivity contribution in [1.29, 1.82) is 0 Å². The third-order valence-electron chi connectivity index (χ3n) is 3.06. The van der Waals surface area contributed by atoms with Crippen LogP contribution in [0.3, 0.4) is 0 Å². The minimum atomic E-state index is -4.54. The van der Waals surface area contributed by atoms with Gasteiger partial charge in [-0.1, -0.05) is 0 Å². The lowest BCUT2D eigenvalue weighted by Gasteiger charge is -2.26. The zero-order valence-corrected chi connectivity index (χ0v) is 10.1. The van der Waals surface area contributed by atoms with Gasteiger partial charge >= 0.3 is 12.2 Å². The first-order valence-corrected chi connectivity index (χ1v) is 5.90. The Bertz CT molecular complexity index is 484. The SMILES string of the molecule is Nc1ccc(NC(=O)NC2CCC2)cc1C(F)(F)F. The molecular formula is C12H14F3N3O. The highest BCUT2D eigenvalue weighted by molar-refractivity contribution is 5.89. The van der Waals surface area contributed by atoms with E-state index in [4.69, 9.17) is 5.73 Å². The van der Waals surface area contributed by atoms with Gasteiger partial charge in [0.1, 0.15) is 0 Å². The maximum Gasteiger partial charge on any atom is 0.418 e. The molecule has 1 fully saturated rings. The Hall–Kier alpha value is -1.92. The third-order valence-corrected chi connectivity index (χ3v) is 3.06. The fraction of sp³-hybridized carbons (Fsp3) is 0.417. The second-order valence-electron chi connectivity index (χ2n) is 4.53. The molecule has 1 aliphatic rings. The van der Waals surface area contributed by atoms with Gasteiger partial charge in [0, 0.05) is 17.4 Å². The average molecular weight is 273 g/mol. The van der Waals surface area contributed by atoms with E-state index in [1.54, 1.807) is 0 Å². The van der Waals surface area contributed by atoms with E-state index in [9.17, 15) is 18.0 Å². The molecule has 4 nitrogen and oxygen atoms in total. The van der Waals surface area contributed by atoms with Gasteiger partial charge < -0.3 is 16.4 Å². The van der Waals surface area contributed by atoms with Crippen molar-refractivity contribution in [3.8, 4) is 0 Å². The van der Waals surface area contributed by atoms with Gasteiger partial charge in [0.25, 0.3) is 0 Å². The number of nitrogen functional groups attached to an aromatic ring is 1. The van der Waals surface area contributed by atoms with Crippen molar-refractivity contribution in [1.82, 2.24) is 5.32 Å². The Morgan fingerprint density at radius 1 is 1.32 bits per heavy atom. The summed E-state index contributed by atoms with van der Waals surface area (Å²) in [4.78, 5) is 11.5. The van der Waals surface area contributed by atoms with Crippen molar-refractivity contribution in [2.45, 2.75) is 31.5 Å². The van der Waals surface area contributed by atoms with Gasteiger partial charge in [-0.15, -0.1) is 0 Å². The fourth-order valence-electron chi connectivity index (χ4n) is 1.78. The summed E-state index contributed by atoms with van der Waals surface area (Å²) in [7, 11) is 0. The van der Waals surface area contributed by atoms with Crippen LogP contribution in [0.25, 0.3) is 0 Å².